The molecule has 2 aromatic carbocycles. The molecule has 2 N–H and O–H groups in total. The molecule has 0 unspecified atom stereocenters. The predicted molar refractivity (Wildman–Crippen MR) is 66.8 cm³/mol. The highest BCUT2D eigenvalue weighted by atomic mass is 31.1. The topological polar surface area (TPSA) is 57.5 Å². The summed E-state index contributed by atoms with van der Waals surface area (Å²) in [6.07, 6.45) is 1.12. The fourth-order valence-corrected chi connectivity index (χ4v) is 1.46. The summed E-state index contributed by atoms with van der Waals surface area (Å²) in [6, 6.07) is 15.1. The molecule has 2 aromatic rings. The number of benzene rings is 2. The molecule has 0 bridgehead atoms. The molecule has 0 atom stereocenters. The lowest BCUT2D eigenvalue weighted by Crippen LogP contribution is -1.79. The molecule has 0 aliphatic rings. The lowest BCUT2D eigenvalue weighted by atomic mass is 10.1. The SMILES string of the molecule is CCc1ccc2ccccc2c1.O=[PH](O)O. The van der Waals surface area contributed by atoms with Crippen LogP contribution in [0.4, 0.5) is 0 Å². The lowest BCUT2D eigenvalue weighted by molar-refractivity contribution is 0.405. The molecule has 0 aromatic heterocycles. The zero-order valence-corrected chi connectivity index (χ0v) is 10.1. The minimum atomic E-state index is -3.13. The van der Waals surface area contributed by atoms with Crippen molar-refractivity contribution in [3.8, 4) is 0 Å². The number of aryl methyl sites for hydroxylation is 1. The maximum atomic E-state index is 8.74. The summed E-state index contributed by atoms with van der Waals surface area (Å²) in [5.74, 6) is 0. The second-order valence-electron chi connectivity index (χ2n) is 3.32. The van der Waals surface area contributed by atoms with Crippen LogP contribution in [0.3, 0.4) is 0 Å². The van der Waals surface area contributed by atoms with E-state index in [2.05, 4.69) is 49.4 Å². The summed E-state index contributed by atoms with van der Waals surface area (Å²) in [4.78, 5) is 14.3. The molecule has 0 saturated heterocycles. The Morgan fingerprint density at radius 2 is 1.62 bits per heavy atom. The van der Waals surface area contributed by atoms with Crippen LogP contribution in [-0.4, -0.2) is 9.79 Å². The van der Waals surface area contributed by atoms with Gasteiger partial charge in [-0.15, -0.1) is 0 Å². The highest BCUT2D eigenvalue weighted by Crippen LogP contribution is 2.15. The van der Waals surface area contributed by atoms with Crippen LogP contribution < -0.4 is 0 Å². The van der Waals surface area contributed by atoms with Crippen molar-refractivity contribution in [2.75, 3.05) is 0 Å². The molecule has 0 saturated carbocycles. The van der Waals surface area contributed by atoms with Gasteiger partial charge in [-0.1, -0.05) is 49.4 Å². The van der Waals surface area contributed by atoms with Crippen molar-refractivity contribution in [3.05, 3.63) is 48.0 Å². The number of hydrogen-bond donors (Lipinski definition) is 2. The zero-order valence-electron chi connectivity index (χ0n) is 9.05. The molecule has 86 valence electrons. The molecule has 16 heavy (non-hydrogen) atoms. The van der Waals surface area contributed by atoms with E-state index in [9.17, 15) is 0 Å². The van der Waals surface area contributed by atoms with Gasteiger partial charge >= 0.3 is 8.25 Å². The number of rotatable bonds is 1. The van der Waals surface area contributed by atoms with Crippen LogP contribution in [0.15, 0.2) is 42.5 Å². The third-order valence-corrected chi connectivity index (χ3v) is 2.22. The van der Waals surface area contributed by atoms with Gasteiger partial charge in [0.15, 0.2) is 0 Å². The summed E-state index contributed by atoms with van der Waals surface area (Å²) in [7, 11) is -3.13. The Balaban J connectivity index is 0.000000280. The summed E-state index contributed by atoms with van der Waals surface area (Å²) in [6.45, 7) is 2.18. The van der Waals surface area contributed by atoms with Gasteiger partial charge in [0, 0.05) is 0 Å². The van der Waals surface area contributed by atoms with Gasteiger partial charge in [-0.25, -0.2) is 0 Å². The summed E-state index contributed by atoms with van der Waals surface area (Å²) < 4.78 is 8.74. The molecule has 0 radical (unpaired) electrons. The normalized spacial score (nSPS) is 10.0. The van der Waals surface area contributed by atoms with E-state index in [1.807, 2.05) is 0 Å². The minimum absolute atomic E-state index is 1.12. The van der Waals surface area contributed by atoms with Crippen LogP contribution in [0, 0.1) is 0 Å². The molecule has 4 heteroatoms. The third-order valence-electron chi connectivity index (χ3n) is 2.22. The molecule has 0 heterocycles. The van der Waals surface area contributed by atoms with E-state index in [1.54, 1.807) is 0 Å². The van der Waals surface area contributed by atoms with Crippen molar-refractivity contribution >= 4 is 19.0 Å². The van der Waals surface area contributed by atoms with Crippen LogP contribution in [0.5, 0.6) is 0 Å². The van der Waals surface area contributed by atoms with Crippen molar-refractivity contribution < 1.29 is 14.4 Å². The maximum absolute atomic E-state index is 8.74. The molecule has 3 nitrogen and oxygen atoms in total. The quantitative estimate of drug-likeness (QED) is 0.751. The molecule has 0 aliphatic heterocycles. The summed E-state index contributed by atoms with van der Waals surface area (Å²) in [5.41, 5.74) is 1.41. The highest BCUT2D eigenvalue weighted by Gasteiger charge is 1.92. The largest absolute Gasteiger partial charge is 0.326 e. The summed E-state index contributed by atoms with van der Waals surface area (Å²) in [5, 5.41) is 2.67. The van der Waals surface area contributed by atoms with Gasteiger partial charge in [0.2, 0.25) is 0 Å². The zero-order chi connectivity index (χ0) is 12.0. The maximum Gasteiger partial charge on any atom is 0.314 e. The van der Waals surface area contributed by atoms with Crippen molar-refractivity contribution in [2.45, 2.75) is 13.3 Å². The van der Waals surface area contributed by atoms with E-state index >= 15 is 0 Å². The van der Waals surface area contributed by atoms with Gasteiger partial charge < -0.3 is 9.79 Å². The Morgan fingerprint density at radius 1 is 1.06 bits per heavy atom. The standard InChI is InChI=1S/C12H12.H3O3P/c1-2-10-7-8-11-5-3-4-6-12(11)9-10;1-4(2)3/h3-9H,2H2,1H3;4H,(H2,1,2,3). The first-order chi connectivity index (χ1) is 7.63. The Labute approximate surface area is 95.3 Å². The monoisotopic (exact) mass is 238 g/mol. The van der Waals surface area contributed by atoms with Gasteiger partial charge in [0.1, 0.15) is 0 Å². The first-order valence-corrected chi connectivity index (χ1v) is 6.33. The Hall–Kier alpha value is -1.15. The van der Waals surface area contributed by atoms with Crippen LogP contribution in [0.25, 0.3) is 10.8 Å². The van der Waals surface area contributed by atoms with Crippen molar-refractivity contribution in [1.29, 1.82) is 0 Å². The molecule has 0 fully saturated rings. The fraction of sp³-hybridized carbons (Fsp3) is 0.167. The second-order valence-corrected chi connectivity index (χ2v) is 3.88. The highest BCUT2D eigenvalue weighted by molar-refractivity contribution is 7.30. The second kappa shape index (κ2) is 6.44. The van der Waals surface area contributed by atoms with Crippen molar-refractivity contribution in [1.82, 2.24) is 0 Å². The fourth-order valence-electron chi connectivity index (χ4n) is 1.46. The van der Waals surface area contributed by atoms with E-state index < -0.39 is 8.25 Å². The number of hydrogen-bond acceptors (Lipinski definition) is 1. The van der Waals surface area contributed by atoms with Gasteiger partial charge in [-0.3, -0.25) is 4.57 Å². The molecule has 0 amide bonds. The molecule has 0 aliphatic carbocycles. The van der Waals surface area contributed by atoms with E-state index in [1.165, 1.54) is 16.3 Å². The van der Waals surface area contributed by atoms with Gasteiger partial charge in [0.25, 0.3) is 0 Å². The molecule has 2 rings (SSSR count). The first kappa shape index (κ1) is 12.9. The van der Waals surface area contributed by atoms with Crippen molar-refractivity contribution in [2.24, 2.45) is 0 Å². The smallest absolute Gasteiger partial charge is 0.314 e. The van der Waals surface area contributed by atoms with E-state index in [0.29, 0.717) is 0 Å². The van der Waals surface area contributed by atoms with Crippen LogP contribution in [-0.2, 0) is 11.0 Å². The van der Waals surface area contributed by atoms with Gasteiger partial charge in [0.05, 0.1) is 0 Å². The van der Waals surface area contributed by atoms with E-state index in [0.717, 1.165) is 6.42 Å². The first-order valence-electron chi connectivity index (χ1n) is 5.03. The number of fused-ring (bicyclic) bond motifs is 1. The van der Waals surface area contributed by atoms with Gasteiger partial charge in [-0.05, 0) is 22.8 Å². The van der Waals surface area contributed by atoms with Crippen LogP contribution in [0.1, 0.15) is 12.5 Å². The molecular formula is C12H15O3P. The average molecular weight is 238 g/mol. The Bertz CT molecular complexity index is 478. The van der Waals surface area contributed by atoms with Crippen LogP contribution >= 0.6 is 8.25 Å². The van der Waals surface area contributed by atoms with Crippen molar-refractivity contribution in [3.63, 3.8) is 0 Å². The minimum Gasteiger partial charge on any atom is -0.326 e. The summed E-state index contributed by atoms with van der Waals surface area (Å²) >= 11 is 0. The van der Waals surface area contributed by atoms with E-state index in [-0.39, 0.29) is 0 Å². The predicted octanol–water partition coefficient (Wildman–Crippen LogP) is 2.76. The average Bonchev–Trinajstić information content (AvgIpc) is 2.27. The Morgan fingerprint density at radius 3 is 2.19 bits per heavy atom. The Kier molecular flexibility index (Phi) is 5.20. The van der Waals surface area contributed by atoms with Gasteiger partial charge in [-0.2, -0.15) is 0 Å². The molecular weight excluding hydrogens is 223 g/mol. The third kappa shape index (κ3) is 4.15. The van der Waals surface area contributed by atoms with E-state index in [4.69, 9.17) is 14.4 Å². The lowest BCUT2D eigenvalue weighted by Gasteiger charge is -1.99. The molecule has 0 spiro atoms. The van der Waals surface area contributed by atoms with Crippen LogP contribution in [0.2, 0.25) is 0 Å².